The van der Waals surface area contributed by atoms with Gasteiger partial charge in [0, 0.05) is 25.7 Å². The van der Waals surface area contributed by atoms with Crippen molar-refractivity contribution in [3.05, 3.63) is 0 Å². The molecule has 0 aliphatic rings. The highest BCUT2D eigenvalue weighted by Gasteiger charge is 2.30. The third-order valence-corrected chi connectivity index (χ3v) is 17.1. The van der Waals surface area contributed by atoms with Crippen LogP contribution in [-0.4, -0.2) is 96.7 Å². The zero-order valence-corrected chi connectivity index (χ0v) is 56.7. The van der Waals surface area contributed by atoms with Gasteiger partial charge in [-0.25, -0.2) is 9.13 Å². The lowest BCUT2D eigenvalue weighted by Crippen LogP contribution is -2.30. The molecule has 2 unspecified atom stereocenters. The summed E-state index contributed by atoms with van der Waals surface area (Å²) in [5, 5.41) is 10.5. The summed E-state index contributed by atoms with van der Waals surface area (Å²) in [6, 6.07) is 0. The number of carbonyl (C=O) groups is 4. The number of phosphoric ester groups is 2. The van der Waals surface area contributed by atoms with Gasteiger partial charge in [-0.3, -0.25) is 37.3 Å². The number of phosphoric acid groups is 2. The highest BCUT2D eigenvalue weighted by atomic mass is 31.2. The lowest BCUT2D eigenvalue weighted by Gasteiger charge is -2.21. The van der Waals surface area contributed by atoms with Crippen molar-refractivity contribution in [2.24, 2.45) is 11.8 Å². The van der Waals surface area contributed by atoms with E-state index in [1.165, 1.54) is 141 Å². The first-order chi connectivity index (χ1) is 40.9. The van der Waals surface area contributed by atoms with Crippen molar-refractivity contribution in [1.82, 2.24) is 0 Å². The molecule has 0 aromatic carbocycles. The molecule has 0 aliphatic carbocycles. The molecule has 0 heterocycles. The van der Waals surface area contributed by atoms with E-state index in [1.807, 2.05) is 0 Å². The Morgan fingerprint density at radius 1 is 0.318 bits per heavy atom. The highest BCUT2D eigenvalue weighted by Crippen LogP contribution is 2.45. The summed E-state index contributed by atoms with van der Waals surface area (Å²) in [5.74, 6) is -0.680. The van der Waals surface area contributed by atoms with E-state index in [-0.39, 0.29) is 25.7 Å². The van der Waals surface area contributed by atoms with Crippen LogP contribution < -0.4 is 0 Å². The molecular weight excluding hydrogens is 1130 g/mol. The van der Waals surface area contributed by atoms with Crippen LogP contribution in [0.5, 0.6) is 0 Å². The van der Waals surface area contributed by atoms with Crippen LogP contribution in [0.15, 0.2) is 0 Å². The van der Waals surface area contributed by atoms with Gasteiger partial charge < -0.3 is 33.8 Å². The quantitative estimate of drug-likeness (QED) is 0.0222. The van der Waals surface area contributed by atoms with E-state index in [1.54, 1.807) is 0 Å². The van der Waals surface area contributed by atoms with Crippen LogP contribution in [0.4, 0.5) is 0 Å². The van der Waals surface area contributed by atoms with E-state index >= 15 is 0 Å². The molecule has 504 valence electrons. The van der Waals surface area contributed by atoms with Gasteiger partial charge in [-0.1, -0.05) is 279 Å². The number of hydrogen-bond acceptors (Lipinski definition) is 15. The van der Waals surface area contributed by atoms with Gasteiger partial charge >= 0.3 is 39.5 Å². The van der Waals surface area contributed by atoms with E-state index in [0.717, 1.165) is 108 Å². The van der Waals surface area contributed by atoms with Gasteiger partial charge in [0.05, 0.1) is 26.4 Å². The smallest absolute Gasteiger partial charge is 0.462 e. The monoisotopic (exact) mass is 1250 g/mol. The lowest BCUT2D eigenvalue weighted by atomic mass is 10.0. The molecule has 0 saturated carbocycles. The second-order valence-electron chi connectivity index (χ2n) is 24.8. The Hall–Kier alpha value is -1.94. The number of rotatable bonds is 65. The molecule has 0 saturated heterocycles. The largest absolute Gasteiger partial charge is 0.472 e. The Morgan fingerprint density at radius 2 is 0.541 bits per heavy atom. The maximum absolute atomic E-state index is 13.0. The van der Waals surface area contributed by atoms with Crippen LogP contribution in [0.25, 0.3) is 0 Å². The molecule has 0 rings (SSSR count). The van der Waals surface area contributed by atoms with Crippen molar-refractivity contribution in [1.29, 1.82) is 0 Å². The van der Waals surface area contributed by atoms with Crippen LogP contribution in [0.2, 0.25) is 0 Å². The van der Waals surface area contributed by atoms with Crippen LogP contribution in [0, 0.1) is 11.8 Å². The van der Waals surface area contributed by atoms with Crippen LogP contribution in [0.3, 0.4) is 0 Å². The molecule has 19 heteroatoms. The maximum Gasteiger partial charge on any atom is 0.472 e. The lowest BCUT2D eigenvalue weighted by molar-refractivity contribution is -0.161. The molecule has 0 amide bonds. The first kappa shape index (κ1) is 83.1. The van der Waals surface area contributed by atoms with E-state index in [9.17, 15) is 43.2 Å². The van der Waals surface area contributed by atoms with Crippen LogP contribution in [0.1, 0.15) is 330 Å². The molecule has 0 aromatic rings. The Bertz CT molecular complexity index is 1670. The molecule has 0 radical (unpaired) electrons. The summed E-state index contributed by atoms with van der Waals surface area (Å²) in [4.78, 5) is 72.1. The molecule has 0 spiro atoms. The number of esters is 4. The molecule has 85 heavy (non-hydrogen) atoms. The second-order valence-corrected chi connectivity index (χ2v) is 27.7. The van der Waals surface area contributed by atoms with Crippen molar-refractivity contribution < 1.29 is 80.2 Å². The summed E-state index contributed by atoms with van der Waals surface area (Å²) in [6.07, 6.45) is 42.1. The van der Waals surface area contributed by atoms with Gasteiger partial charge in [0.15, 0.2) is 12.2 Å². The van der Waals surface area contributed by atoms with Crippen molar-refractivity contribution in [2.75, 3.05) is 39.6 Å². The highest BCUT2D eigenvalue weighted by molar-refractivity contribution is 7.47. The first-order valence-electron chi connectivity index (χ1n) is 34.5. The first-order valence-corrected chi connectivity index (χ1v) is 37.5. The molecule has 0 aliphatic heterocycles. The zero-order chi connectivity index (χ0) is 62.9. The summed E-state index contributed by atoms with van der Waals surface area (Å²) in [5.41, 5.74) is 0. The number of carbonyl (C=O) groups excluding carboxylic acids is 4. The van der Waals surface area contributed by atoms with Crippen molar-refractivity contribution in [3.63, 3.8) is 0 Å². The second kappa shape index (κ2) is 58.4. The Balaban J connectivity index is 5.16. The summed E-state index contributed by atoms with van der Waals surface area (Å²) < 4.78 is 67.9. The Kier molecular flexibility index (Phi) is 57.1. The van der Waals surface area contributed by atoms with Crippen LogP contribution in [-0.2, 0) is 65.4 Å². The predicted molar refractivity (Wildman–Crippen MR) is 340 cm³/mol. The average molecular weight is 1260 g/mol. The number of unbranched alkanes of at least 4 members (excludes halogenated alkanes) is 35. The van der Waals surface area contributed by atoms with Gasteiger partial charge in [0.25, 0.3) is 0 Å². The van der Waals surface area contributed by atoms with Gasteiger partial charge in [0.2, 0.25) is 0 Å². The number of ether oxygens (including phenoxy) is 4. The van der Waals surface area contributed by atoms with E-state index in [4.69, 9.17) is 37.0 Å². The van der Waals surface area contributed by atoms with Crippen molar-refractivity contribution in [2.45, 2.75) is 349 Å². The van der Waals surface area contributed by atoms with E-state index in [0.29, 0.717) is 25.7 Å². The molecule has 0 bridgehead atoms. The maximum atomic E-state index is 13.0. The minimum atomic E-state index is -4.95. The summed E-state index contributed by atoms with van der Waals surface area (Å²) in [7, 11) is -9.88. The van der Waals surface area contributed by atoms with Crippen molar-refractivity contribution in [3.8, 4) is 0 Å². The fraction of sp³-hybridized carbons (Fsp3) is 0.939. The van der Waals surface area contributed by atoms with E-state index < -0.39 is 97.5 Å². The standard InChI is InChI=1S/C66H128O17P2/c1-7-9-11-13-14-15-16-17-18-19-20-21-22-25-32-38-44-50-65(70)83-62(55-77-64(69)49-43-37-31-26-23-24-29-35-40-46-58(3)4)57-81-85(74,75)79-53-60(67)52-78-84(72,73)80-56-61(54-76-63(68)48-42-34-12-10-8-2)82-66(71)51-45-39-33-28-27-30-36-41-47-59(5)6/h58-62,67H,7-57H2,1-6H3,(H,72,73)(H,74,75)/t60-,61+,62+/m0/s1. The minimum absolute atomic E-state index is 0.103. The van der Waals surface area contributed by atoms with E-state index in [2.05, 4.69) is 41.5 Å². The molecule has 5 atom stereocenters. The molecular formula is C66H128O17P2. The van der Waals surface area contributed by atoms with Gasteiger partial charge in [0.1, 0.15) is 19.3 Å². The molecule has 17 nitrogen and oxygen atoms in total. The Labute approximate surface area is 517 Å². The normalized spacial score (nSPS) is 14.2. The van der Waals surface area contributed by atoms with Crippen molar-refractivity contribution >= 4 is 39.5 Å². The number of aliphatic hydroxyl groups is 1. The molecule has 3 N–H and O–H groups in total. The van der Waals surface area contributed by atoms with Gasteiger partial charge in [-0.05, 0) is 37.5 Å². The van der Waals surface area contributed by atoms with Gasteiger partial charge in [-0.2, -0.15) is 0 Å². The summed E-state index contributed by atoms with van der Waals surface area (Å²) >= 11 is 0. The third kappa shape index (κ3) is 60.7. The SMILES string of the molecule is CCCCCCCCCCCCCCCCCCCC(=O)O[C@H](COC(=O)CCCCCCCCCCCC(C)C)COP(=O)(O)OC[C@@H](O)COP(=O)(O)OC[C@@H](COC(=O)CCCCCCC)OC(=O)CCCCCCCCCCC(C)C. The number of hydrogen-bond donors (Lipinski definition) is 3. The molecule has 0 fully saturated rings. The topological polar surface area (TPSA) is 237 Å². The average Bonchev–Trinajstić information content (AvgIpc) is 3.55. The van der Waals surface area contributed by atoms with Gasteiger partial charge in [-0.15, -0.1) is 0 Å². The van der Waals surface area contributed by atoms with Crippen LogP contribution >= 0.6 is 15.6 Å². The fourth-order valence-corrected chi connectivity index (χ4v) is 11.5. The predicted octanol–water partition coefficient (Wildman–Crippen LogP) is 18.4. The molecule has 0 aromatic heterocycles. The zero-order valence-electron chi connectivity index (χ0n) is 54.9. The number of aliphatic hydroxyl groups excluding tert-OH is 1. The fourth-order valence-electron chi connectivity index (χ4n) is 9.88. The summed E-state index contributed by atoms with van der Waals surface area (Å²) in [6.45, 7) is 9.37. The minimum Gasteiger partial charge on any atom is -0.462 e. The third-order valence-electron chi connectivity index (χ3n) is 15.2. The Morgan fingerprint density at radius 3 is 0.800 bits per heavy atom.